The third-order valence-electron chi connectivity index (χ3n) is 3.99. The summed E-state index contributed by atoms with van der Waals surface area (Å²) in [5, 5.41) is 9.53. The third kappa shape index (κ3) is 4.44. The van der Waals surface area contributed by atoms with Gasteiger partial charge in [0.25, 0.3) is 5.91 Å². The molecule has 0 radical (unpaired) electrons. The monoisotopic (exact) mass is 331 g/mol. The number of fused-ring (bicyclic) bond motifs is 1. The zero-order valence-corrected chi connectivity index (χ0v) is 14.4. The highest BCUT2D eigenvalue weighted by Gasteiger charge is 2.11. The van der Waals surface area contributed by atoms with Crippen molar-refractivity contribution in [2.24, 2.45) is 5.10 Å². The number of carbonyl (C=O) groups excluding carboxylic acids is 1. The standard InChI is InChI=1S/C21H21N3O/c1-15-7-9-17(10-8-15)14-22-24-21(25)16(2)23-20-12-11-18-5-3-4-6-19(18)13-20/h3-14,16,23H,1-2H3,(H,24,25)/b22-14+. The number of hydrazone groups is 1. The fraction of sp³-hybridized carbons (Fsp3) is 0.143. The number of hydrogen-bond acceptors (Lipinski definition) is 3. The minimum Gasteiger partial charge on any atom is -0.374 e. The molecule has 0 bridgehead atoms. The van der Waals surface area contributed by atoms with E-state index >= 15 is 0 Å². The molecule has 1 unspecified atom stereocenters. The predicted octanol–water partition coefficient (Wildman–Crippen LogP) is 4.10. The van der Waals surface area contributed by atoms with Crippen molar-refractivity contribution in [1.29, 1.82) is 0 Å². The van der Waals surface area contributed by atoms with E-state index in [-0.39, 0.29) is 5.91 Å². The highest BCUT2D eigenvalue weighted by atomic mass is 16.2. The van der Waals surface area contributed by atoms with Crippen LogP contribution in [0.4, 0.5) is 5.69 Å². The van der Waals surface area contributed by atoms with Crippen LogP contribution in [0.1, 0.15) is 18.1 Å². The fourth-order valence-corrected chi connectivity index (χ4v) is 2.51. The number of benzene rings is 3. The lowest BCUT2D eigenvalue weighted by molar-refractivity contribution is -0.121. The van der Waals surface area contributed by atoms with Gasteiger partial charge in [0.1, 0.15) is 6.04 Å². The van der Waals surface area contributed by atoms with E-state index in [0.717, 1.165) is 16.6 Å². The van der Waals surface area contributed by atoms with Crippen LogP contribution >= 0.6 is 0 Å². The molecular weight excluding hydrogens is 310 g/mol. The molecule has 4 nitrogen and oxygen atoms in total. The number of nitrogens with zero attached hydrogens (tertiary/aromatic N) is 1. The maximum Gasteiger partial charge on any atom is 0.262 e. The quantitative estimate of drug-likeness (QED) is 0.546. The molecule has 0 fully saturated rings. The molecule has 126 valence electrons. The van der Waals surface area contributed by atoms with Gasteiger partial charge in [-0.05, 0) is 42.3 Å². The highest BCUT2D eigenvalue weighted by molar-refractivity contribution is 5.89. The van der Waals surface area contributed by atoms with Crippen LogP contribution in [0.15, 0.2) is 71.8 Å². The van der Waals surface area contributed by atoms with Gasteiger partial charge >= 0.3 is 0 Å². The number of amides is 1. The zero-order chi connectivity index (χ0) is 17.6. The molecule has 0 aliphatic rings. The minimum atomic E-state index is -0.392. The molecule has 3 rings (SSSR count). The van der Waals surface area contributed by atoms with Gasteiger partial charge in [0.15, 0.2) is 0 Å². The summed E-state index contributed by atoms with van der Waals surface area (Å²) in [7, 11) is 0. The Bertz CT molecular complexity index is 900. The number of rotatable bonds is 5. The van der Waals surface area contributed by atoms with Gasteiger partial charge in [-0.15, -0.1) is 0 Å². The van der Waals surface area contributed by atoms with Crippen LogP contribution in [0.25, 0.3) is 10.8 Å². The molecule has 0 spiro atoms. The van der Waals surface area contributed by atoms with Crippen molar-refractivity contribution < 1.29 is 4.79 Å². The molecule has 0 saturated carbocycles. The zero-order valence-electron chi connectivity index (χ0n) is 14.4. The lowest BCUT2D eigenvalue weighted by Gasteiger charge is -2.14. The molecule has 0 aliphatic carbocycles. The molecule has 3 aromatic rings. The van der Waals surface area contributed by atoms with Gasteiger partial charge in [-0.1, -0.05) is 60.2 Å². The van der Waals surface area contributed by atoms with Crippen LogP contribution in [-0.2, 0) is 4.79 Å². The van der Waals surface area contributed by atoms with Crippen LogP contribution in [0, 0.1) is 6.92 Å². The smallest absolute Gasteiger partial charge is 0.262 e. The molecule has 25 heavy (non-hydrogen) atoms. The van der Waals surface area contributed by atoms with Gasteiger partial charge in [-0.3, -0.25) is 4.79 Å². The van der Waals surface area contributed by atoms with Crippen molar-refractivity contribution in [3.8, 4) is 0 Å². The van der Waals surface area contributed by atoms with Crippen molar-refractivity contribution in [2.75, 3.05) is 5.32 Å². The molecule has 4 heteroatoms. The van der Waals surface area contributed by atoms with E-state index in [9.17, 15) is 4.79 Å². The van der Waals surface area contributed by atoms with Gasteiger partial charge in [-0.2, -0.15) is 5.10 Å². The van der Waals surface area contributed by atoms with Gasteiger partial charge in [0, 0.05) is 5.69 Å². The Hall–Kier alpha value is -3.14. The first-order valence-corrected chi connectivity index (χ1v) is 8.27. The summed E-state index contributed by atoms with van der Waals surface area (Å²) < 4.78 is 0. The molecule has 0 aromatic heterocycles. The molecule has 1 atom stereocenters. The van der Waals surface area contributed by atoms with E-state index in [0.29, 0.717) is 0 Å². The first-order chi connectivity index (χ1) is 12.1. The Morgan fingerprint density at radius 2 is 1.72 bits per heavy atom. The normalized spacial score (nSPS) is 12.2. The molecule has 3 aromatic carbocycles. The topological polar surface area (TPSA) is 53.5 Å². The summed E-state index contributed by atoms with van der Waals surface area (Å²) >= 11 is 0. The summed E-state index contributed by atoms with van der Waals surface area (Å²) in [5.74, 6) is -0.184. The summed E-state index contributed by atoms with van der Waals surface area (Å²) in [5.41, 5.74) is 5.61. The Kier molecular flexibility index (Phi) is 5.09. The highest BCUT2D eigenvalue weighted by Crippen LogP contribution is 2.19. The summed E-state index contributed by atoms with van der Waals surface area (Å²) in [6, 6.07) is 21.7. The van der Waals surface area contributed by atoms with E-state index in [2.05, 4.69) is 28.0 Å². The van der Waals surface area contributed by atoms with Crippen LogP contribution in [0.5, 0.6) is 0 Å². The van der Waals surface area contributed by atoms with E-state index in [1.807, 2.05) is 68.4 Å². The fourth-order valence-electron chi connectivity index (χ4n) is 2.51. The lowest BCUT2D eigenvalue weighted by atomic mass is 10.1. The van der Waals surface area contributed by atoms with Gasteiger partial charge in [0.2, 0.25) is 0 Å². The largest absolute Gasteiger partial charge is 0.374 e. The maximum atomic E-state index is 12.2. The van der Waals surface area contributed by atoms with Gasteiger partial charge in [0.05, 0.1) is 6.21 Å². The van der Waals surface area contributed by atoms with Crippen LogP contribution in [0.2, 0.25) is 0 Å². The number of carbonyl (C=O) groups is 1. The first kappa shape index (κ1) is 16.7. The Morgan fingerprint density at radius 1 is 1.00 bits per heavy atom. The maximum absolute atomic E-state index is 12.2. The molecule has 2 N–H and O–H groups in total. The van der Waals surface area contributed by atoms with Crippen molar-refractivity contribution in [2.45, 2.75) is 19.9 Å². The lowest BCUT2D eigenvalue weighted by Crippen LogP contribution is -2.34. The Morgan fingerprint density at radius 3 is 2.48 bits per heavy atom. The van der Waals surface area contributed by atoms with Crippen LogP contribution in [-0.4, -0.2) is 18.2 Å². The van der Waals surface area contributed by atoms with E-state index in [1.54, 1.807) is 6.21 Å². The molecule has 1 amide bonds. The van der Waals surface area contributed by atoms with Gasteiger partial charge < -0.3 is 5.32 Å². The first-order valence-electron chi connectivity index (χ1n) is 8.27. The average Bonchev–Trinajstić information content (AvgIpc) is 2.63. The summed E-state index contributed by atoms with van der Waals surface area (Å²) in [4.78, 5) is 12.2. The van der Waals surface area contributed by atoms with E-state index < -0.39 is 6.04 Å². The average molecular weight is 331 g/mol. The summed E-state index contributed by atoms with van der Waals surface area (Å²) in [6.45, 7) is 3.84. The van der Waals surface area contributed by atoms with Crippen molar-refractivity contribution in [3.63, 3.8) is 0 Å². The van der Waals surface area contributed by atoms with Crippen molar-refractivity contribution in [1.82, 2.24) is 5.43 Å². The van der Waals surface area contributed by atoms with E-state index in [4.69, 9.17) is 0 Å². The third-order valence-corrected chi connectivity index (χ3v) is 3.99. The SMILES string of the molecule is Cc1ccc(/C=N/NC(=O)C(C)Nc2ccc3ccccc3c2)cc1. The van der Waals surface area contributed by atoms with Crippen molar-refractivity contribution in [3.05, 3.63) is 77.9 Å². The molecular formula is C21H21N3O. The van der Waals surface area contributed by atoms with Crippen LogP contribution in [0.3, 0.4) is 0 Å². The Labute approximate surface area is 147 Å². The molecule has 0 saturated heterocycles. The number of hydrogen-bond donors (Lipinski definition) is 2. The second-order valence-electron chi connectivity index (χ2n) is 6.07. The predicted molar refractivity (Wildman–Crippen MR) is 104 cm³/mol. The number of nitrogens with one attached hydrogen (secondary N) is 2. The second-order valence-corrected chi connectivity index (χ2v) is 6.07. The Balaban J connectivity index is 1.58. The molecule has 0 aliphatic heterocycles. The number of anilines is 1. The van der Waals surface area contributed by atoms with Crippen molar-refractivity contribution >= 4 is 28.6 Å². The van der Waals surface area contributed by atoms with Crippen LogP contribution < -0.4 is 10.7 Å². The molecule has 0 heterocycles. The number of aryl methyl sites for hydroxylation is 1. The summed E-state index contributed by atoms with van der Waals surface area (Å²) in [6.07, 6.45) is 1.64. The minimum absolute atomic E-state index is 0.184. The van der Waals surface area contributed by atoms with E-state index in [1.165, 1.54) is 10.9 Å². The second kappa shape index (κ2) is 7.62. The van der Waals surface area contributed by atoms with Gasteiger partial charge in [-0.25, -0.2) is 5.43 Å².